The van der Waals surface area contributed by atoms with Gasteiger partial charge in [-0.3, -0.25) is 5.41 Å². The van der Waals surface area contributed by atoms with E-state index in [9.17, 15) is 0 Å². The van der Waals surface area contributed by atoms with Crippen molar-refractivity contribution < 1.29 is 0 Å². The number of benzene rings is 2. The van der Waals surface area contributed by atoms with E-state index >= 15 is 0 Å². The van der Waals surface area contributed by atoms with Gasteiger partial charge in [0.2, 0.25) is 5.96 Å². The van der Waals surface area contributed by atoms with Crippen molar-refractivity contribution in [3.05, 3.63) is 65.2 Å². The van der Waals surface area contributed by atoms with E-state index < -0.39 is 0 Å². The number of guanidine groups is 1. The predicted octanol–water partition coefficient (Wildman–Crippen LogP) is 5.10. The first kappa shape index (κ1) is 17.3. The Morgan fingerprint density at radius 1 is 1.16 bits per heavy atom. The van der Waals surface area contributed by atoms with E-state index in [1.54, 1.807) is 0 Å². The molecule has 130 valence electrons. The van der Waals surface area contributed by atoms with Crippen LogP contribution in [-0.2, 0) is 12.8 Å². The van der Waals surface area contributed by atoms with Crippen LogP contribution in [0.3, 0.4) is 0 Å². The van der Waals surface area contributed by atoms with E-state index in [2.05, 4.69) is 80.3 Å². The number of hydrogen-bond acceptors (Lipinski definition) is 1. The van der Waals surface area contributed by atoms with Crippen molar-refractivity contribution in [2.24, 2.45) is 0 Å². The minimum atomic E-state index is 0.199. The monoisotopic (exact) mass is 333 g/mol. The third-order valence-electron chi connectivity index (χ3n) is 4.82. The first-order valence-electron chi connectivity index (χ1n) is 9.01. The van der Waals surface area contributed by atoms with Gasteiger partial charge in [0.05, 0.1) is 5.69 Å². The molecule has 0 aromatic heterocycles. The topological polar surface area (TPSA) is 30.3 Å². The minimum Gasteiger partial charge on any atom is -0.316 e. The minimum absolute atomic E-state index is 0.199. The molecule has 0 saturated heterocycles. The van der Waals surface area contributed by atoms with Gasteiger partial charge in [0.15, 0.2) is 0 Å². The molecular formula is C22H27N3. The average Bonchev–Trinajstić information content (AvgIpc) is 3.10. The highest BCUT2D eigenvalue weighted by Gasteiger charge is 2.24. The van der Waals surface area contributed by atoms with Crippen LogP contribution in [-0.4, -0.2) is 19.0 Å². The maximum Gasteiger partial charge on any atom is 0.202 e. The lowest BCUT2D eigenvalue weighted by molar-refractivity contribution is 0.792. The maximum absolute atomic E-state index is 8.88. The summed E-state index contributed by atoms with van der Waals surface area (Å²) in [6.45, 7) is 6.44. The van der Waals surface area contributed by atoms with Crippen molar-refractivity contribution in [2.45, 2.75) is 39.7 Å². The Labute approximate surface area is 151 Å². The smallest absolute Gasteiger partial charge is 0.202 e. The zero-order valence-corrected chi connectivity index (χ0v) is 15.6. The van der Waals surface area contributed by atoms with Gasteiger partial charge in [-0.1, -0.05) is 43.3 Å². The highest BCUT2D eigenvalue weighted by molar-refractivity contribution is 6.06. The second-order valence-corrected chi connectivity index (χ2v) is 6.83. The fourth-order valence-electron chi connectivity index (χ4n) is 3.39. The molecule has 0 bridgehead atoms. The Kier molecular flexibility index (Phi) is 4.93. The summed E-state index contributed by atoms with van der Waals surface area (Å²) >= 11 is 0. The molecule has 0 amide bonds. The first-order chi connectivity index (χ1) is 12.0. The molecule has 2 aromatic rings. The molecule has 0 atom stereocenters. The predicted molar refractivity (Wildman–Crippen MR) is 109 cm³/mol. The molecule has 1 N–H and O–H groups in total. The molecule has 0 fully saturated rings. The second-order valence-electron chi connectivity index (χ2n) is 6.83. The molecular weight excluding hydrogens is 306 g/mol. The van der Waals surface area contributed by atoms with Crippen LogP contribution in [0.25, 0.3) is 6.08 Å². The fourth-order valence-corrected chi connectivity index (χ4v) is 3.39. The Bertz CT molecular complexity index is 805. The Morgan fingerprint density at radius 3 is 2.64 bits per heavy atom. The van der Waals surface area contributed by atoms with Crippen LogP contribution in [0.2, 0.25) is 0 Å². The van der Waals surface area contributed by atoms with Crippen molar-refractivity contribution >= 4 is 23.4 Å². The van der Waals surface area contributed by atoms with Gasteiger partial charge in [-0.2, -0.15) is 0 Å². The largest absolute Gasteiger partial charge is 0.316 e. The second kappa shape index (κ2) is 7.14. The molecule has 3 rings (SSSR count). The van der Waals surface area contributed by atoms with E-state index in [1.807, 2.05) is 11.9 Å². The van der Waals surface area contributed by atoms with Crippen LogP contribution in [0, 0.1) is 5.41 Å². The third kappa shape index (κ3) is 3.32. The number of allylic oxidation sites excluding steroid dienone is 1. The summed E-state index contributed by atoms with van der Waals surface area (Å²) in [5.41, 5.74) is 6.04. The van der Waals surface area contributed by atoms with Gasteiger partial charge in [-0.05, 0) is 56.0 Å². The third-order valence-corrected chi connectivity index (χ3v) is 4.82. The summed E-state index contributed by atoms with van der Waals surface area (Å²) < 4.78 is 0. The molecule has 0 heterocycles. The summed E-state index contributed by atoms with van der Waals surface area (Å²) in [5, 5.41) is 8.88. The Hall–Kier alpha value is -2.55. The van der Waals surface area contributed by atoms with Gasteiger partial charge in [0.25, 0.3) is 0 Å². The summed E-state index contributed by atoms with van der Waals surface area (Å²) in [5.74, 6) is 0.497. The summed E-state index contributed by atoms with van der Waals surface area (Å²) in [7, 11) is 1.98. The number of rotatable bonds is 4. The molecule has 0 radical (unpaired) electrons. The van der Waals surface area contributed by atoms with Gasteiger partial charge in [-0.25, -0.2) is 0 Å². The molecule has 1 aliphatic rings. The Balaban J connectivity index is 1.97. The summed E-state index contributed by atoms with van der Waals surface area (Å²) in [4.78, 5) is 4.09. The van der Waals surface area contributed by atoms with Crippen molar-refractivity contribution in [3.8, 4) is 0 Å². The van der Waals surface area contributed by atoms with E-state index in [1.165, 1.54) is 16.7 Å². The molecule has 0 aliphatic heterocycles. The molecule has 25 heavy (non-hydrogen) atoms. The first-order valence-corrected chi connectivity index (χ1v) is 9.01. The summed E-state index contributed by atoms with van der Waals surface area (Å²) in [6.07, 6.45) is 6.37. The van der Waals surface area contributed by atoms with E-state index in [-0.39, 0.29) is 6.04 Å². The Morgan fingerprint density at radius 2 is 1.92 bits per heavy atom. The average molecular weight is 333 g/mol. The van der Waals surface area contributed by atoms with Gasteiger partial charge in [0, 0.05) is 24.3 Å². The van der Waals surface area contributed by atoms with Gasteiger partial charge < -0.3 is 9.80 Å². The van der Waals surface area contributed by atoms with Crippen LogP contribution >= 0.6 is 0 Å². The molecule has 0 saturated carbocycles. The van der Waals surface area contributed by atoms with Crippen LogP contribution in [0.1, 0.15) is 37.5 Å². The molecule has 1 aliphatic carbocycles. The van der Waals surface area contributed by atoms with Gasteiger partial charge in [0.1, 0.15) is 0 Å². The van der Waals surface area contributed by atoms with Crippen molar-refractivity contribution in [2.75, 3.05) is 16.8 Å². The highest BCUT2D eigenvalue weighted by atomic mass is 15.4. The van der Waals surface area contributed by atoms with E-state index in [4.69, 9.17) is 5.41 Å². The zero-order valence-electron chi connectivity index (χ0n) is 15.6. The number of nitrogens with zero attached hydrogens (tertiary/aromatic N) is 2. The lowest BCUT2D eigenvalue weighted by Gasteiger charge is -2.35. The maximum atomic E-state index is 8.88. The highest BCUT2D eigenvalue weighted by Crippen LogP contribution is 2.32. The normalized spacial score (nSPS) is 12.4. The number of nitrogens with one attached hydrogen (secondary N) is 1. The van der Waals surface area contributed by atoms with Gasteiger partial charge in [-0.15, -0.1) is 0 Å². The lowest BCUT2D eigenvalue weighted by Crippen LogP contribution is -2.46. The summed E-state index contributed by atoms with van der Waals surface area (Å²) in [6, 6.07) is 15.0. The molecule has 3 nitrogen and oxygen atoms in total. The lowest BCUT2D eigenvalue weighted by atomic mass is 10.1. The van der Waals surface area contributed by atoms with Crippen LogP contribution < -0.4 is 9.80 Å². The standard InChI is InChI=1S/C22H27N3/c1-5-17-9-6-12-19(15-17)24(4)22(23)25(16(2)3)21-14-8-11-18-10-7-13-20(18)21/h6-9,11-16,23H,5,10H2,1-4H3. The van der Waals surface area contributed by atoms with E-state index in [0.29, 0.717) is 5.96 Å². The fraction of sp³-hybridized carbons (Fsp3) is 0.318. The molecule has 2 aromatic carbocycles. The van der Waals surface area contributed by atoms with Crippen molar-refractivity contribution in [1.82, 2.24) is 0 Å². The van der Waals surface area contributed by atoms with E-state index in [0.717, 1.165) is 24.2 Å². The molecule has 3 heteroatoms. The zero-order chi connectivity index (χ0) is 18.0. The van der Waals surface area contributed by atoms with Gasteiger partial charge >= 0.3 is 0 Å². The quantitative estimate of drug-likeness (QED) is 0.623. The SMILES string of the molecule is CCc1cccc(N(C)C(=N)N(c2cccc3c2C=CC3)C(C)C)c1. The number of aryl methyl sites for hydroxylation is 1. The molecule has 0 unspecified atom stereocenters. The molecule has 0 spiro atoms. The number of fused-ring (bicyclic) bond motifs is 1. The van der Waals surface area contributed by atoms with Crippen LogP contribution in [0.5, 0.6) is 0 Å². The number of hydrogen-bond donors (Lipinski definition) is 1. The van der Waals surface area contributed by atoms with Crippen molar-refractivity contribution in [3.63, 3.8) is 0 Å². The number of anilines is 2. The van der Waals surface area contributed by atoms with Crippen LogP contribution in [0.15, 0.2) is 48.5 Å². The van der Waals surface area contributed by atoms with Crippen LogP contribution in [0.4, 0.5) is 11.4 Å². The van der Waals surface area contributed by atoms with Crippen molar-refractivity contribution in [1.29, 1.82) is 5.41 Å².